The van der Waals surface area contributed by atoms with Gasteiger partial charge in [0, 0.05) is 7.05 Å². The van der Waals surface area contributed by atoms with Crippen molar-refractivity contribution in [3.05, 3.63) is 10.3 Å². The summed E-state index contributed by atoms with van der Waals surface area (Å²) in [7, 11) is 1.97. The summed E-state index contributed by atoms with van der Waals surface area (Å²) in [5.41, 5.74) is 1.24. The van der Waals surface area contributed by atoms with Crippen LogP contribution in [0.25, 0.3) is 0 Å². The molecule has 0 aromatic carbocycles. The predicted octanol–water partition coefficient (Wildman–Crippen LogP) is 2.35. The highest BCUT2D eigenvalue weighted by Crippen LogP contribution is 2.35. The highest BCUT2D eigenvalue weighted by Gasteiger charge is 2.35. The van der Waals surface area contributed by atoms with Crippen LogP contribution in [0, 0.1) is 0 Å². The zero-order chi connectivity index (χ0) is 11.6. The summed E-state index contributed by atoms with van der Waals surface area (Å²) in [6.07, 6.45) is 6.11. The highest BCUT2D eigenvalue weighted by molar-refractivity contribution is 9.10. The molecule has 90 valence electrons. The van der Waals surface area contributed by atoms with Gasteiger partial charge in [0.1, 0.15) is 0 Å². The maximum Gasteiger partial charge on any atom is 0.153 e. The number of hydrogen-bond acceptors (Lipinski definition) is 3. The average Bonchev–Trinajstić information content (AvgIpc) is 2.54. The zero-order valence-electron chi connectivity index (χ0n) is 9.96. The van der Waals surface area contributed by atoms with Crippen molar-refractivity contribution in [2.75, 3.05) is 6.54 Å². The molecule has 16 heavy (non-hydrogen) atoms. The van der Waals surface area contributed by atoms with E-state index in [1.54, 1.807) is 0 Å². The second-order valence-electron chi connectivity index (χ2n) is 4.53. The fraction of sp³-hybridized carbons (Fsp3) is 0.818. The standard InChI is InChI=1S/C11H19BrN4/c1-3-11(7-5-4-6-8-13-11)9-10(12)14-15-16(9)2/h13H,3-8H2,1-2H3. The Balaban J connectivity index is 2.39. The van der Waals surface area contributed by atoms with E-state index >= 15 is 0 Å². The molecule has 1 atom stereocenters. The minimum Gasteiger partial charge on any atom is -0.306 e. The Morgan fingerprint density at radius 1 is 1.44 bits per heavy atom. The molecule has 0 bridgehead atoms. The lowest BCUT2D eigenvalue weighted by Crippen LogP contribution is -2.43. The Morgan fingerprint density at radius 2 is 2.25 bits per heavy atom. The summed E-state index contributed by atoms with van der Waals surface area (Å²) in [4.78, 5) is 0. The van der Waals surface area contributed by atoms with Gasteiger partial charge in [0.05, 0.1) is 11.2 Å². The first-order valence-corrected chi connectivity index (χ1v) is 6.79. The van der Waals surface area contributed by atoms with Gasteiger partial charge in [-0.3, -0.25) is 0 Å². The average molecular weight is 287 g/mol. The number of aromatic nitrogens is 3. The molecule has 4 nitrogen and oxygen atoms in total. The van der Waals surface area contributed by atoms with Crippen LogP contribution in [0.5, 0.6) is 0 Å². The van der Waals surface area contributed by atoms with Crippen LogP contribution < -0.4 is 5.32 Å². The van der Waals surface area contributed by atoms with Gasteiger partial charge in [0.2, 0.25) is 0 Å². The molecule has 1 unspecified atom stereocenters. The predicted molar refractivity (Wildman–Crippen MR) is 67.1 cm³/mol. The second kappa shape index (κ2) is 4.84. The van der Waals surface area contributed by atoms with E-state index in [9.17, 15) is 0 Å². The number of aryl methyl sites for hydroxylation is 1. The second-order valence-corrected chi connectivity index (χ2v) is 5.28. The van der Waals surface area contributed by atoms with E-state index in [0.29, 0.717) is 0 Å². The van der Waals surface area contributed by atoms with Crippen molar-refractivity contribution in [2.24, 2.45) is 7.05 Å². The van der Waals surface area contributed by atoms with E-state index in [2.05, 4.69) is 38.5 Å². The molecule has 0 saturated carbocycles. The first-order chi connectivity index (χ1) is 7.69. The molecule has 1 aliphatic heterocycles. The Hall–Kier alpha value is -0.420. The molecule has 1 saturated heterocycles. The zero-order valence-corrected chi connectivity index (χ0v) is 11.5. The number of nitrogens with zero attached hydrogens (tertiary/aromatic N) is 3. The van der Waals surface area contributed by atoms with Gasteiger partial charge in [-0.15, -0.1) is 5.10 Å². The van der Waals surface area contributed by atoms with E-state index in [1.165, 1.54) is 31.4 Å². The molecular formula is C11H19BrN4. The Bertz CT molecular complexity index is 333. The van der Waals surface area contributed by atoms with E-state index in [1.807, 2.05) is 11.7 Å². The van der Waals surface area contributed by atoms with Gasteiger partial charge in [-0.05, 0) is 41.7 Å². The van der Waals surface area contributed by atoms with Crippen LogP contribution >= 0.6 is 15.9 Å². The quantitative estimate of drug-likeness (QED) is 0.908. The third-order valence-electron chi connectivity index (χ3n) is 3.59. The monoisotopic (exact) mass is 286 g/mol. The minimum absolute atomic E-state index is 0.0492. The lowest BCUT2D eigenvalue weighted by atomic mass is 9.87. The Kier molecular flexibility index (Phi) is 3.64. The number of halogens is 1. The van der Waals surface area contributed by atoms with Crippen LogP contribution in [0.4, 0.5) is 0 Å². The molecule has 1 aromatic rings. The number of nitrogens with one attached hydrogen (secondary N) is 1. The topological polar surface area (TPSA) is 42.7 Å². The van der Waals surface area contributed by atoms with Crippen LogP contribution in [-0.4, -0.2) is 21.5 Å². The normalized spacial score (nSPS) is 26.7. The molecule has 1 fully saturated rings. The maximum atomic E-state index is 4.10. The summed E-state index contributed by atoms with van der Waals surface area (Å²) >= 11 is 3.52. The van der Waals surface area contributed by atoms with Gasteiger partial charge in [0.15, 0.2) is 4.60 Å². The maximum absolute atomic E-state index is 4.10. The van der Waals surface area contributed by atoms with Gasteiger partial charge < -0.3 is 5.32 Å². The molecule has 1 aromatic heterocycles. The Labute approximate surface area is 105 Å². The molecule has 5 heteroatoms. The summed E-state index contributed by atoms with van der Waals surface area (Å²) in [5, 5.41) is 11.9. The highest BCUT2D eigenvalue weighted by atomic mass is 79.9. The van der Waals surface area contributed by atoms with Crippen molar-refractivity contribution in [2.45, 2.75) is 44.6 Å². The van der Waals surface area contributed by atoms with E-state index in [0.717, 1.165) is 17.6 Å². The van der Waals surface area contributed by atoms with Gasteiger partial charge in [-0.2, -0.15) is 0 Å². The smallest absolute Gasteiger partial charge is 0.153 e. The molecule has 0 amide bonds. The van der Waals surface area contributed by atoms with Gasteiger partial charge in [0.25, 0.3) is 0 Å². The van der Waals surface area contributed by atoms with Crippen LogP contribution in [0.2, 0.25) is 0 Å². The molecule has 0 spiro atoms. The van der Waals surface area contributed by atoms with Crippen molar-refractivity contribution in [1.82, 2.24) is 20.3 Å². The van der Waals surface area contributed by atoms with Gasteiger partial charge in [-0.1, -0.05) is 25.0 Å². The fourth-order valence-electron chi connectivity index (χ4n) is 2.66. The van der Waals surface area contributed by atoms with Crippen molar-refractivity contribution in [3.63, 3.8) is 0 Å². The van der Waals surface area contributed by atoms with E-state index < -0.39 is 0 Å². The minimum atomic E-state index is 0.0492. The van der Waals surface area contributed by atoms with Crippen molar-refractivity contribution in [3.8, 4) is 0 Å². The molecule has 0 radical (unpaired) electrons. The largest absolute Gasteiger partial charge is 0.306 e. The summed E-state index contributed by atoms with van der Waals surface area (Å²) in [6.45, 7) is 3.32. The molecule has 0 aliphatic carbocycles. The van der Waals surface area contributed by atoms with Crippen molar-refractivity contribution < 1.29 is 0 Å². The summed E-state index contributed by atoms with van der Waals surface area (Å²) < 4.78 is 2.78. The third-order valence-corrected chi connectivity index (χ3v) is 4.12. The molecule has 2 rings (SSSR count). The van der Waals surface area contributed by atoms with Crippen LogP contribution in [0.3, 0.4) is 0 Å². The lowest BCUT2D eigenvalue weighted by Gasteiger charge is -2.32. The van der Waals surface area contributed by atoms with Crippen molar-refractivity contribution in [1.29, 1.82) is 0 Å². The molecule has 1 aliphatic rings. The lowest BCUT2D eigenvalue weighted by molar-refractivity contribution is 0.291. The SMILES string of the molecule is CCC1(c2c(Br)nnn2C)CCCCCN1. The van der Waals surface area contributed by atoms with Crippen molar-refractivity contribution >= 4 is 15.9 Å². The number of rotatable bonds is 2. The van der Waals surface area contributed by atoms with Crippen LogP contribution in [0.1, 0.15) is 44.7 Å². The van der Waals surface area contributed by atoms with E-state index in [-0.39, 0.29) is 5.54 Å². The van der Waals surface area contributed by atoms with Crippen LogP contribution in [-0.2, 0) is 12.6 Å². The molecule has 1 N–H and O–H groups in total. The summed E-state index contributed by atoms with van der Waals surface area (Å²) in [5.74, 6) is 0. The third kappa shape index (κ3) is 2.02. The number of hydrogen-bond donors (Lipinski definition) is 1. The first-order valence-electron chi connectivity index (χ1n) is 6.00. The van der Waals surface area contributed by atoms with Crippen LogP contribution in [0.15, 0.2) is 4.60 Å². The molecular weight excluding hydrogens is 268 g/mol. The fourth-order valence-corrected chi connectivity index (χ4v) is 3.36. The first kappa shape index (κ1) is 12.0. The van der Waals surface area contributed by atoms with Gasteiger partial charge >= 0.3 is 0 Å². The molecule has 2 heterocycles. The van der Waals surface area contributed by atoms with E-state index in [4.69, 9.17) is 0 Å². The van der Waals surface area contributed by atoms with Gasteiger partial charge in [-0.25, -0.2) is 4.68 Å². The Morgan fingerprint density at radius 3 is 2.88 bits per heavy atom. The summed E-state index contributed by atoms with van der Waals surface area (Å²) in [6, 6.07) is 0.